The first-order valence-corrected chi connectivity index (χ1v) is 10.9. The van der Waals surface area contributed by atoms with Gasteiger partial charge in [-0.1, -0.05) is 36.4 Å². The number of anilines is 1. The lowest BCUT2D eigenvalue weighted by atomic mass is 10.1. The minimum Gasteiger partial charge on any atom is -0.332 e. The summed E-state index contributed by atoms with van der Waals surface area (Å²) in [6, 6.07) is 19.1. The Balaban J connectivity index is 1.60. The van der Waals surface area contributed by atoms with Crippen molar-refractivity contribution in [2.75, 3.05) is 18.9 Å². The van der Waals surface area contributed by atoms with Gasteiger partial charge in [-0.2, -0.15) is 0 Å². The van der Waals surface area contributed by atoms with E-state index in [1.165, 1.54) is 4.90 Å². The number of aromatic nitrogens is 1. The van der Waals surface area contributed by atoms with Crippen LogP contribution in [0.25, 0.3) is 21.5 Å². The van der Waals surface area contributed by atoms with Crippen LogP contribution in [0.4, 0.5) is 5.69 Å². The van der Waals surface area contributed by atoms with Crippen molar-refractivity contribution in [1.29, 1.82) is 0 Å². The Kier molecular flexibility index (Phi) is 5.82. The maximum atomic E-state index is 13.3. The van der Waals surface area contributed by atoms with Crippen molar-refractivity contribution in [3.8, 4) is 10.6 Å². The Bertz CT molecular complexity index is 1270. The Morgan fingerprint density at radius 1 is 1.03 bits per heavy atom. The Labute approximate surface area is 185 Å². The third kappa shape index (κ3) is 4.34. The smallest absolute Gasteiger partial charge is 0.254 e. The van der Waals surface area contributed by atoms with Crippen LogP contribution in [0.1, 0.15) is 21.5 Å². The van der Waals surface area contributed by atoms with Gasteiger partial charge in [0.15, 0.2) is 0 Å². The van der Waals surface area contributed by atoms with Gasteiger partial charge in [-0.05, 0) is 54.6 Å². The lowest BCUT2D eigenvalue weighted by Gasteiger charge is -2.19. The average Bonchev–Trinajstić information content (AvgIpc) is 3.30. The number of hydrogen-bond acceptors (Lipinski definition) is 4. The van der Waals surface area contributed by atoms with Crippen LogP contribution in [0.15, 0.2) is 66.0 Å². The van der Waals surface area contributed by atoms with E-state index in [2.05, 4.69) is 5.32 Å². The van der Waals surface area contributed by atoms with Gasteiger partial charge < -0.3 is 10.2 Å². The number of nitrogens with one attached hydrogen (secondary N) is 1. The van der Waals surface area contributed by atoms with Crippen LogP contribution in [0.2, 0.25) is 0 Å². The number of likely N-dealkylation sites (N-methyl/N-ethyl adjacent to an activating group) is 1. The summed E-state index contributed by atoms with van der Waals surface area (Å²) in [4.78, 5) is 33.1. The third-order valence-corrected chi connectivity index (χ3v) is 6.22. The van der Waals surface area contributed by atoms with Gasteiger partial charge >= 0.3 is 0 Å². The van der Waals surface area contributed by atoms with Crippen LogP contribution in [0.3, 0.4) is 0 Å². The van der Waals surface area contributed by atoms with E-state index in [1.54, 1.807) is 18.4 Å². The predicted molar refractivity (Wildman–Crippen MR) is 127 cm³/mol. The molecule has 0 fully saturated rings. The molecule has 0 aliphatic heterocycles. The number of aryl methyl sites for hydroxylation is 1. The molecule has 2 aromatic heterocycles. The number of benzene rings is 2. The van der Waals surface area contributed by atoms with Crippen LogP contribution in [0.5, 0.6) is 0 Å². The molecule has 2 heterocycles. The number of rotatable bonds is 5. The van der Waals surface area contributed by atoms with Gasteiger partial charge in [0.05, 0.1) is 28.2 Å². The number of pyridine rings is 1. The molecular formula is C25H23N3O2S. The molecule has 156 valence electrons. The summed E-state index contributed by atoms with van der Waals surface area (Å²) >= 11 is 1.58. The van der Waals surface area contributed by atoms with E-state index in [9.17, 15) is 9.59 Å². The van der Waals surface area contributed by atoms with E-state index < -0.39 is 0 Å². The number of nitrogens with zero attached hydrogens (tertiary/aromatic N) is 2. The van der Waals surface area contributed by atoms with Crippen molar-refractivity contribution in [2.45, 2.75) is 13.8 Å². The van der Waals surface area contributed by atoms with Crippen molar-refractivity contribution in [1.82, 2.24) is 9.88 Å². The molecule has 0 atom stereocenters. The summed E-state index contributed by atoms with van der Waals surface area (Å²) < 4.78 is 0. The van der Waals surface area contributed by atoms with E-state index >= 15 is 0 Å². The first-order chi connectivity index (χ1) is 14.9. The zero-order valence-corrected chi connectivity index (χ0v) is 18.5. The summed E-state index contributed by atoms with van der Waals surface area (Å²) in [5, 5.41) is 5.67. The van der Waals surface area contributed by atoms with Crippen molar-refractivity contribution in [3.05, 3.63) is 82.7 Å². The van der Waals surface area contributed by atoms with Gasteiger partial charge in [-0.25, -0.2) is 4.98 Å². The molecule has 5 nitrogen and oxygen atoms in total. The van der Waals surface area contributed by atoms with Gasteiger partial charge in [-0.15, -0.1) is 11.3 Å². The zero-order valence-electron chi connectivity index (χ0n) is 17.7. The molecule has 31 heavy (non-hydrogen) atoms. The fourth-order valence-corrected chi connectivity index (χ4v) is 4.16. The lowest BCUT2D eigenvalue weighted by molar-refractivity contribution is -0.116. The standard InChI is InChI=1S/C25H23N3O2S/c1-16-8-6-11-20(17(16)2)27-24(29)15-28(3)25(30)19-14-22(23-12-7-13-31-23)26-21-10-5-4-9-18(19)21/h4-14H,15H2,1-3H3,(H,27,29). The molecule has 0 saturated heterocycles. The quantitative estimate of drug-likeness (QED) is 0.469. The second-order valence-corrected chi connectivity index (χ2v) is 8.45. The fraction of sp³-hybridized carbons (Fsp3) is 0.160. The highest BCUT2D eigenvalue weighted by Gasteiger charge is 2.20. The highest BCUT2D eigenvalue weighted by Crippen LogP contribution is 2.28. The second-order valence-electron chi connectivity index (χ2n) is 7.51. The first kappa shape index (κ1) is 20.8. The highest BCUT2D eigenvalue weighted by atomic mass is 32.1. The predicted octanol–water partition coefficient (Wildman–Crippen LogP) is 5.29. The molecule has 0 radical (unpaired) electrons. The molecule has 0 aliphatic carbocycles. The van der Waals surface area contributed by atoms with E-state index in [4.69, 9.17) is 4.98 Å². The maximum Gasteiger partial charge on any atom is 0.254 e. The van der Waals surface area contributed by atoms with Gasteiger partial charge in [0.25, 0.3) is 5.91 Å². The molecular weight excluding hydrogens is 406 g/mol. The van der Waals surface area contributed by atoms with E-state index in [0.717, 1.165) is 38.3 Å². The molecule has 0 saturated carbocycles. The monoisotopic (exact) mass is 429 g/mol. The molecule has 4 aromatic rings. The lowest BCUT2D eigenvalue weighted by Crippen LogP contribution is -2.35. The van der Waals surface area contributed by atoms with Crippen LogP contribution in [0, 0.1) is 13.8 Å². The molecule has 4 rings (SSSR count). The zero-order chi connectivity index (χ0) is 22.0. The molecule has 0 aliphatic rings. The number of carbonyl (C=O) groups is 2. The Hall–Kier alpha value is -3.51. The highest BCUT2D eigenvalue weighted by molar-refractivity contribution is 7.13. The van der Waals surface area contributed by atoms with Crippen molar-refractivity contribution < 1.29 is 9.59 Å². The van der Waals surface area contributed by atoms with Crippen LogP contribution >= 0.6 is 11.3 Å². The number of para-hydroxylation sites is 1. The van der Waals surface area contributed by atoms with Crippen LogP contribution < -0.4 is 5.32 Å². The average molecular weight is 430 g/mol. The number of hydrogen-bond donors (Lipinski definition) is 1. The number of carbonyl (C=O) groups excluding carboxylic acids is 2. The van der Waals surface area contributed by atoms with E-state index in [-0.39, 0.29) is 18.4 Å². The minimum atomic E-state index is -0.235. The summed E-state index contributed by atoms with van der Waals surface area (Å²) in [5.41, 5.74) is 4.93. The van der Waals surface area contributed by atoms with Crippen molar-refractivity contribution in [2.24, 2.45) is 0 Å². The van der Waals surface area contributed by atoms with E-state index in [1.807, 2.05) is 79.9 Å². The Morgan fingerprint density at radius 2 is 1.84 bits per heavy atom. The van der Waals surface area contributed by atoms with Gasteiger partial charge in [0.1, 0.15) is 0 Å². The topological polar surface area (TPSA) is 62.3 Å². The largest absolute Gasteiger partial charge is 0.332 e. The number of thiophene rings is 1. The maximum absolute atomic E-state index is 13.3. The summed E-state index contributed by atoms with van der Waals surface area (Å²) in [6.07, 6.45) is 0. The Morgan fingerprint density at radius 3 is 2.61 bits per heavy atom. The molecule has 6 heteroatoms. The SMILES string of the molecule is Cc1cccc(NC(=O)CN(C)C(=O)c2cc(-c3cccs3)nc3ccccc23)c1C. The van der Waals surface area contributed by atoms with Crippen molar-refractivity contribution >= 4 is 39.7 Å². The normalized spacial score (nSPS) is 10.8. The summed E-state index contributed by atoms with van der Waals surface area (Å²) in [5.74, 6) is -0.450. The molecule has 2 amide bonds. The first-order valence-electron chi connectivity index (χ1n) is 9.99. The molecule has 2 aromatic carbocycles. The van der Waals surface area contributed by atoms with Gasteiger partial charge in [0.2, 0.25) is 5.91 Å². The van der Waals surface area contributed by atoms with Gasteiger partial charge in [0, 0.05) is 18.1 Å². The van der Waals surface area contributed by atoms with E-state index in [0.29, 0.717) is 5.56 Å². The van der Waals surface area contributed by atoms with Crippen LogP contribution in [-0.4, -0.2) is 35.3 Å². The third-order valence-electron chi connectivity index (χ3n) is 5.33. The molecule has 0 bridgehead atoms. The second kappa shape index (κ2) is 8.70. The fourth-order valence-electron chi connectivity index (χ4n) is 3.47. The van der Waals surface area contributed by atoms with Gasteiger partial charge in [-0.3, -0.25) is 9.59 Å². The molecule has 1 N–H and O–H groups in total. The minimum absolute atomic E-state index is 0.0444. The molecule has 0 spiro atoms. The number of fused-ring (bicyclic) bond motifs is 1. The summed E-state index contributed by atoms with van der Waals surface area (Å²) in [6.45, 7) is 3.92. The molecule has 0 unspecified atom stereocenters. The van der Waals surface area contributed by atoms with Crippen LogP contribution in [-0.2, 0) is 4.79 Å². The number of amides is 2. The van der Waals surface area contributed by atoms with Crippen molar-refractivity contribution in [3.63, 3.8) is 0 Å². The summed E-state index contributed by atoms with van der Waals surface area (Å²) in [7, 11) is 1.64.